The number of carbonyl (C=O) groups is 2. The molecular weight excluding hydrogens is 474 g/mol. The second-order valence-corrected chi connectivity index (χ2v) is 9.45. The normalized spacial score (nSPS) is 12.1. The van der Waals surface area contributed by atoms with Crippen LogP contribution in [0.3, 0.4) is 0 Å². The molecule has 6 nitrogen and oxygen atoms in total. The van der Waals surface area contributed by atoms with Gasteiger partial charge >= 0.3 is 0 Å². The van der Waals surface area contributed by atoms with Gasteiger partial charge in [-0.15, -0.1) is 0 Å². The number of carbonyl (C=O) groups excluding carboxylic acids is 2. The van der Waals surface area contributed by atoms with Gasteiger partial charge in [0.05, 0.1) is 28.2 Å². The first kappa shape index (κ1) is 25.5. The maximum Gasteiger partial charge on any atom is 0.251 e. The lowest BCUT2D eigenvalue weighted by atomic mass is 9.99. The van der Waals surface area contributed by atoms with Crippen LogP contribution in [-0.2, 0) is 18.3 Å². The predicted molar refractivity (Wildman–Crippen MR) is 144 cm³/mol. The minimum absolute atomic E-state index is 0.0309. The van der Waals surface area contributed by atoms with Gasteiger partial charge < -0.3 is 14.6 Å². The SMILES string of the molecule is CCC(=O)C(Cc1ccc(-c2nc3ccccc3n2C)cc1)NC(=O)c1ccc(OC(C)C)c(Cl)c1. The number of hydrogen-bond donors (Lipinski definition) is 1. The lowest BCUT2D eigenvalue weighted by Gasteiger charge is -2.18. The number of aromatic nitrogens is 2. The number of rotatable bonds is 9. The molecule has 186 valence electrons. The molecular formula is C29H30ClN3O3. The summed E-state index contributed by atoms with van der Waals surface area (Å²) in [5.74, 6) is 1.01. The summed E-state index contributed by atoms with van der Waals surface area (Å²) < 4.78 is 7.70. The molecule has 1 heterocycles. The Bertz CT molecular complexity index is 1390. The van der Waals surface area contributed by atoms with Crippen molar-refractivity contribution in [3.63, 3.8) is 0 Å². The fourth-order valence-corrected chi connectivity index (χ4v) is 4.38. The van der Waals surface area contributed by atoms with E-state index in [4.69, 9.17) is 21.3 Å². The Morgan fingerprint density at radius 1 is 1.06 bits per heavy atom. The van der Waals surface area contributed by atoms with Gasteiger partial charge in [0.25, 0.3) is 5.91 Å². The van der Waals surface area contributed by atoms with Crippen LogP contribution >= 0.6 is 11.6 Å². The number of para-hydroxylation sites is 2. The highest BCUT2D eigenvalue weighted by Crippen LogP contribution is 2.27. The Morgan fingerprint density at radius 2 is 1.78 bits per heavy atom. The molecule has 0 spiro atoms. The Kier molecular flexibility index (Phi) is 7.75. The fraction of sp³-hybridized carbons (Fsp3) is 0.276. The first-order valence-electron chi connectivity index (χ1n) is 12.1. The van der Waals surface area contributed by atoms with E-state index < -0.39 is 6.04 Å². The molecule has 0 saturated carbocycles. The number of benzene rings is 3. The number of nitrogens with one attached hydrogen (secondary N) is 1. The van der Waals surface area contributed by atoms with Gasteiger partial charge in [0.15, 0.2) is 5.78 Å². The number of nitrogens with zero attached hydrogens (tertiary/aromatic N) is 2. The third kappa shape index (κ3) is 5.60. The van der Waals surface area contributed by atoms with Crippen LogP contribution in [0.15, 0.2) is 66.7 Å². The molecule has 0 bridgehead atoms. The van der Waals surface area contributed by atoms with Crippen molar-refractivity contribution in [2.45, 2.75) is 45.8 Å². The highest BCUT2D eigenvalue weighted by molar-refractivity contribution is 6.32. The maximum atomic E-state index is 12.9. The van der Waals surface area contributed by atoms with Crippen LogP contribution in [-0.4, -0.2) is 33.4 Å². The van der Waals surface area contributed by atoms with Gasteiger partial charge in [-0.1, -0.05) is 54.9 Å². The lowest BCUT2D eigenvalue weighted by molar-refractivity contribution is -0.120. The zero-order valence-corrected chi connectivity index (χ0v) is 21.7. The van der Waals surface area contributed by atoms with E-state index in [0.29, 0.717) is 29.2 Å². The molecule has 0 aliphatic rings. The average Bonchev–Trinajstić information content (AvgIpc) is 3.21. The largest absolute Gasteiger partial charge is 0.489 e. The Labute approximate surface area is 216 Å². The zero-order valence-electron chi connectivity index (χ0n) is 20.9. The Hall–Kier alpha value is -3.64. The van der Waals surface area contributed by atoms with Crippen LogP contribution in [0.2, 0.25) is 5.02 Å². The maximum absolute atomic E-state index is 12.9. The van der Waals surface area contributed by atoms with Gasteiger partial charge in [0.2, 0.25) is 0 Å². The van der Waals surface area contributed by atoms with E-state index in [0.717, 1.165) is 28.0 Å². The number of halogens is 1. The summed E-state index contributed by atoms with van der Waals surface area (Å²) in [5, 5.41) is 3.24. The molecule has 3 aromatic carbocycles. The smallest absolute Gasteiger partial charge is 0.251 e. The van der Waals surface area contributed by atoms with Crippen molar-refractivity contribution in [1.29, 1.82) is 0 Å². The first-order valence-corrected chi connectivity index (χ1v) is 12.4. The molecule has 1 N–H and O–H groups in total. The van der Waals surface area contributed by atoms with E-state index >= 15 is 0 Å². The van der Waals surface area contributed by atoms with Gasteiger partial charge in [0, 0.05) is 24.6 Å². The molecule has 0 fully saturated rings. The third-order valence-corrected chi connectivity index (χ3v) is 6.33. The van der Waals surface area contributed by atoms with E-state index in [1.165, 1.54) is 0 Å². The summed E-state index contributed by atoms with van der Waals surface area (Å²) in [6, 6.07) is 20.2. The Balaban J connectivity index is 1.50. The second kappa shape index (κ2) is 11.0. The third-order valence-electron chi connectivity index (χ3n) is 6.04. The van der Waals surface area contributed by atoms with Crippen molar-refractivity contribution in [1.82, 2.24) is 14.9 Å². The van der Waals surface area contributed by atoms with E-state index in [2.05, 4.69) is 9.88 Å². The molecule has 0 radical (unpaired) electrons. The highest BCUT2D eigenvalue weighted by Gasteiger charge is 2.21. The minimum atomic E-state index is -0.644. The summed E-state index contributed by atoms with van der Waals surface area (Å²) >= 11 is 6.30. The summed E-state index contributed by atoms with van der Waals surface area (Å²) in [5.41, 5.74) is 4.32. The number of ketones is 1. The quantitative estimate of drug-likeness (QED) is 0.304. The van der Waals surface area contributed by atoms with E-state index in [1.807, 2.05) is 69.4 Å². The van der Waals surface area contributed by atoms with Crippen molar-refractivity contribution in [2.24, 2.45) is 7.05 Å². The molecule has 4 aromatic rings. The van der Waals surface area contributed by atoms with Crippen LogP contribution in [0.5, 0.6) is 5.75 Å². The van der Waals surface area contributed by atoms with E-state index in [9.17, 15) is 9.59 Å². The number of amides is 1. The summed E-state index contributed by atoms with van der Waals surface area (Å²) in [6.45, 7) is 5.61. The molecule has 7 heteroatoms. The molecule has 1 atom stereocenters. The number of aryl methyl sites for hydroxylation is 1. The van der Waals surface area contributed by atoms with E-state index in [-0.39, 0.29) is 17.8 Å². The van der Waals surface area contributed by atoms with Crippen LogP contribution < -0.4 is 10.1 Å². The molecule has 0 aliphatic carbocycles. The number of Topliss-reactive ketones (excluding diaryl/α,β-unsaturated/α-hetero) is 1. The average molecular weight is 504 g/mol. The summed E-state index contributed by atoms with van der Waals surface area (Å²) in [7, 11) is 2.00. The highest BCUT2D eigenvalue weighted by atomic mass is 35.5. The Morgan fingerprint density at radius 3 is 2.42 bits per heavy atom. The molecule has 1 unspecified atom stereocenters. The summed E-state index contributed by atoms with van der Waals surface area (Å²) in [4.78, 5) is 30.4. The zero-order chi connectivity index (χ0) is 25.8. The molecule has 0 saturated heterocycles. The molecule has 1 amide bonds. The number of fused-ring (bicyclic) bond motifs is 1. The second-order valence-electron chi connectivity index (χ2n) is 9.04. The topological polar surface area (TPSA) is 73.2 Å². The van der Waals surface area contributed by atoms with Crippen LogP contribution in [0.4, 0.5) is 0 Å². The van der Waals surface area contributed by atoms with Crippen LogP contribution in [0.1, 0.15) is 43.1 Å². The molecule has 1 aromatic heterocycles. The van der Waals surface area contributed by atoms with Crippen molar-refractivity contribution in [3.8, 4) is 17.1 Å². The fourth-order valence-electron chi connectivity index (χ4n) is 4.15. The van der Waals surface area contributed by atoms with Crippen molar-refractivity contribution in [3.05, 3.63) is 82.9 Å². The molecule has 0 aliphatic heterocycles. The van der Waals surface area contributed by atoms with Crippen molar-refractivity contribution >= 4 is 34.3 Å². The number of imidazole rings is 1. The van der Waals surface area contributed by atoms with Crippen LogP contribution in [0, 0.1) is 0 Å². The van der Waals surface area contributed by atoms with Gasteiger partial charge in [-0.25, -0.2) is 4.98 Å². The van der Waals surface area contributed by atoms with Crippen molar-refractivity contribution < 1.29 is 14.3 Å². The minimum Gasteiger partial charge on any atom is -0.489 e. The first-order chi connectivity index (χ1) is 17.3. The van der Waals surface area contributed by atoms with Gasteiger partial charge in [-0.05, 0) is 56.2 Å². The summed E-state index contributed by atoms with van der Waals surface area (Å²) in [6.07, 6.45) is 0.686. The molecule has 4 rings (SSSR count). The number of ether oxygens (including phenoxy) is 1. The van der Waals surface area contributed by atoms with Gasteiger partial charge in [-0.3, -0.25) is 9.59 Å². The van der Waals surface area contributed by atoms with E-state index in [1.54, 1.807) is 25.1 Å². The standard InChI is InChI=1S/C29H30ClN3O3/c1-5-26(34)24(32-29(35)21-14-15-27(22(30)17-21)36-18(2)3)16-19-10-12-20(13-11-19)28-31-23-8-6-7-9-25(23)33(28)4/h6-15,17-18,24H,5,16H2,1-4H3,(H,32,35). The van der Waals surface area contributed by atoms with Gasteiger partial charge in [0.1, 0.15) is 11.6 Å². The monoisotopic (exact) mass is 503 g/mol. The predicted octanol–water partition coefficient (Wildman–Crippen LogP) is 6.00. The van der Waals surface area contributed by atoms with Crippen molar-refractivity contribution in [2.75, 3.05) is 0 Å². The van der Waals surface area contributed by atoms with Crippen LogP contribution in [0.25, 0.3) is 22.4 Å². The molecule has 36 heavy (non-hydrogen) atoms. The lowest BCUT2D eigenvalue weighted by Crippen LogP contribution is -2.42. The number of hydrogen-bond acceptors (Lipinski definition) is 4. The van der Waals surface area contributed by atoms with Gasteiger partial charge in [-0.2, -0.15) is 0 Å².